The van der Waals surface area contributed by atoms with E-state index in [4.69, 9.17) is 0 Å². The number of carbonyl (C=O) groups excluding carboxylic acids is 1. The summed E-state index contributed by atoms with van der Waals surface area (Å²) in [4.78, 5) is 32.3. The molecule has 2 aliphatic rings. The van der Waals surface area contributed by atoms with Gasteiger partial charge in [-0.1, -0.05) is 6.92 Å². The monoisotopic (exact) mass is 449 g/mol. The molecule has 0 aliphatic carbocycles. The highest BCUT2D eigenvalue weighted by Gasteiger charge is 2.36. The average molecular weight is 450 g/mol. The zero-order valence-corrected chi connectivity index (χ0v) is 19.0. The predicted octanol–water partition coefficient (Wildman–Crippen LogP) is 1.70. The highest BCUT2D eigenvalue weighted by Crippen LogP contribution is 2.33. The van der Waals surface area contributed by atoms with Crippen molar-refractivity contribution in [2.24, 2.45) is 5.92 Å². The number of likely N-dealkylation sites (tertiary alicyclic amines) is 1. The summed E-state index contributed by atoms with van der Waals surface area (Å²) in [6.07, 6.45) is 4.58. The molecule has 31 heavy (non-hydrogen) atoms. The summed E-state index contributed by atoms with van der Waals surface area (Å²) in [5.74, 6) is 0.0140. The minimum absolute atomic E-state index is 0.0893. The Morgan fingerprint density at radius 1 is 1.13 bits per heavy atom. The second kappa shape index (κ2) is 8.74. The lowest BCUT2D eigenvalue weighted by Crippen LogP contribution is -2.47. The Bertz CT molecular complexity index is 1110. The van der Waals surface area contributed by atoms with E-state index >= 15 is 0 Å². The molecule has 4 heterocycles. The van der Waals surface area contributed by atoms with Gasteiger partial charge in [0.25, 0.3) is 5.56 Å². The van der Waals surface area contributed by atoms with Crippen molar-refractivity contribution in [3.8, 4) is 0 Å². The number of aromatic nitrogens is 3. The van der Waals surface area contributed by atoms with Gasteiger partial charge in [-0.2, -0.15) is 0 Å². The second-order valence-electron chi connectivity index (χ2n) is 8.46. The first-order valence-corrected chi connectivity index (χ1v) is 12.8. The zero-order valence-electron chi connectivity index (χ0n) is 18.2. The van der Waals surface area contributed by atoms with Crippen molar-refractivity contribution in [2.75, 3.05) is 25.4 Å². The zero-order chi connectivity index (χ0) is 22.2. The number of H-pyrrole nitrogens is 1. The van der Waals surface area contributed by atoms with E-state index in [1.54, 1.807) is 6.92 Å². The van der Waals surface area contributed by atoms with Crippen molar-refractivity contribution in [1.29, 1.82) is 0 Å². The van der Waals surface area contributed by atoms with E-state index in [1.165, 1.54) is 14.9 Å². The Hall–Kier alpha value is -2.20. The van der Waals surface area contributed by atoms with Gasteiger partial charge < -0.3 is 4.90 Å². The number of fused-ring (bicyclic) bond motifs is 1. The maximum absolute atomic E-state index is 13.4. The number of amides is 1. The molecule has 9 nitrogen and oxygen atoms in total. The summed E-state index contributed by atoms with van der Waals surface area (Å²) in [5.41, 5.74) is 2.01. The normalized spacial score (nSPS) is 21.6. The molecular weight excluding hydrogens is 418 g/mol. The Kier molecular flexibility index (Phi) is 6.20. The molecule has 2 fully saturated rings. The number of nitrogens with one attached hydrogen (secondary N) is 1. The molecule has 0 saturated carbocycles. The first kappa shape index (κ1) is 22.0. The molecule has 0 radical (unpaired) electrons. The van der Waals surface area contributed by atoms with Gasteiger partial charge in [-0.25, -0.2) is 22.2 Å². The molecule has 1 amide bonds. The molecule has 1 N–H and O–H groups in total. The van der Waals surface area contributed by atoms with E-state index in [2.05, 4.69) is 10.1 Å². The summed E-state index contributed by atoms with van der Waals surface area (Å²) in [7, 11) is -3.21. The Balaban J connectivity index is 1.54. The number of piperidine rings is 2. The van der Waals surface area contributed by atoms with Crippen LogP contribution >= 0.6 is 0 Å². The van der Waals surface area contributed by atoms with Gasteiger partial charge in [0.05, 0.1) is 17.5 Å². The summed E-state index contributed by atoms with van der Waals surface area (Å²) >= 11 is 0. The van der Waals surface area contributed by atoms with E-state index in [0.29, 0.717) is 44.5 Å². The van der Waals surface area contributed by atoms with Crippen LogP contribution in [-0.4, -0.2) is 63.5 Å². The van der Waals surface area contributed by atoms with E-state index in [-0.39, 0.29) is 29.2 Å². The van der Waals surface area contributed by atoms with Crippen LogP contribution < -0.4 is 5.56 Å². The van der Waals surface area contributed by atoms with Crippen LogP contribution in [0, 0.1) is 5.92 Å². The van der Waals surface area contributed by atoms with Gasteiger partial charge >= 0.3 is 0 Å². The Morgan fingerprint density at radius 3 is 2.55 bits per heavy atom. The third-order valence-electron chi connectivity index (χ3n) is 6.59. The van der Waals surface area contributed by atoms with Crippen LogP contribution in [0.5, 0.6) is 0 Å². The number of hydrogen-bond donors (Lipinski definition) is 1. The lowest BCUT2D eigenvalue weighted by molar-refractivity contribution is -0.140. The largest absolute Gasteiger partial charge is 0.334 e. The first-order valence-electron chi connectivity index (χ1n) is 11.2. The molecule has 4 rings (SSSR count). The third kappa shape index (κ3) is 4.27. The van der Waals surface area contributed by atoms with Gasteiger partial charge in [0, 0.05) is 43.4 Å². The highest BCUT2D eigenvalue weighted by atomic mass is 32.2. The summed E-state index contributed by atoms with van der Waals surface area (Å²) in [6, 6.07) is 3.30. The number of carbonyl (C=O) groups is 1. The van der Waals surface area contributed by atoms with Crippen LogP contribution in [0.1, 0.15) is 63.4 Å². The summed E-state index contributed by atoms with van der Waals surface area (Å²) < 4.78 is 27.2. The SMILES string of the molecule is CCc1cc(=O)n2[nH]c(C3CCCCN3C(=O)C3CCN(S(=O)(=O)CC)CC3)cc2n1. The third-order valence-corrected chi connectivity index (χ3v) is 8.47. The van der Waals surface area contributed by atoms with E-state index in [1.807, 2.05) is 17.9 Å². The standard InChI is InChI=1S/C21H31N5O4S/c1-3-16-13-20(27)26-19(22-16)14-17(23-26)18-7-5-6-10-25(18)21(28)15-8-11-24(12-9-15)31(29,30)4-2/h13-15,18,23H,3-12H2,1-2H3. The number of hydrogen-bond acceptors (Lipinski definition) is 5. The van der Waals surface area contributed by atoms with E-state index < -0.39 is 10.0 Å². The van der Waals surface area contributed by atoms with Crippen LogP contribution in [0.4, 0.5) is 0 Å². The molecular formula is C21H31N5O4S. The maximum atomic E-state index is 13.4. The molecule has 2 aromatic rings. The summed E-state index contributed by atoms with van der Waals surface area (Å²) in [6.45, 7) is 5.08. The number of sulfonamides is 1. The number of aryl methyl sites for hydroxylation is 1. The lowest BCUT2D eigenvalue weighted by Gasteiger charge is -2.39. The molecule has 1 unspecified atom stereocenters. The molecule has 0 spiro atoms. The number of rotatable bonds is 5. The smallest absolute Gasteiger partial charge is 0.272 e. The highest BCUT2D eigenvalue weighted by molar-refractivity contribution is 7.89. The van der Waals surface area contributed by atoms with Crippen molar-refractivity contribution >= 4 is 21.6 Å². The molecule has 1 atom stereocenters. The van der Waals surface area contributed by atoms with Gasteiger partial charge in [-0.3, -0.25) is 14.7 Å². The molecule has 170 valence electrons. The summed E-state index contributed by atoms with van der Waals surface area (Å²) in [5, 5.41) is 3.17. The van der Waals surface area contributed by atoms with Gasteiger partial charge in [-0.05, 0) is 45.4 Å². The lowest BCUT2D eigenvalue weighted by atomic mass is 9.92. The fourth-order valence-corrected chi connectivity index (χ4v) is 5.86. The van der Waals surface area contributed by atoms with Gasteiger partial charge in [0.15, 0.2) is 5.65 Å². The molecule has 2 aromatic heterocycles. The first-order chi connectivity index (χ1) is 14.8. The predicted molar refractivity (Wildman–Crippen MR) is 117 cm³/mol. The van der Waals surface area contributed by atoms with Crippen LogP contribution in [0.3, 0.4) is 0 Å². The number of nitrogens with zero attached hydrogens (tertiary/aromatic N) is 4. The minimum Gasteiger partial charge on any atom is -0.334 e. The van der Waals surface area contributed by atoms with Gasteiger partial charge in [0.1, 0.15) is 0 Å². The van der Waals surface area contributed by atoms with Crippen molar-refractivity contribution < 1.29 is 13.2 Å². The Morgan fingerprint density at radius 2 is 1.87 bits per heavy atom. The van der Waals surface area contributed by atoms with Gasteiger partial charge in [0.2, 0.25) is 15.9 Å². The van der Waals surface area contributed by atoms with Crippen LogP contribution in [-0.2, 0) is 21.2 Å². The molecule has 2 saturated heterocycles. The Labute approximate surface area is 182 Å². The van der Waals surface area contributed by atoms with E-state index in [0.717, 1.165) is 30.7 Å². The molecule has 10 heteroatoms. The minimum atomic E-state index is -3.21. The fraction of sp³-hybridized carbons (Fsp3) is 0.667. The average Bonchev–Trinajstić information content (AvgIpc) is 3.23. The van der Waals surface area contributed by atoms with Crippen LogP contribution in [0.25, 0.3) is 5.65 Å². The van der Waals surface area contributed by atoms with Crippen molar-refractivity contribution in [2.45, 2.75) is 58.4 Å². The maximum Gasteiger partial charge on any atom is 0.272 e. The number of aromatic amines is 1. The quantitative estimate of drug-likeness (QED) is 0.748. The van der Waals surface area contributed by atoms with Gasteiger partial charge in [-0.15, -0.1) is 0 Å². The van der Waals surface area contributed by atoms with Crippen molar-refractivity contribution in [3.05, 3.63) is 33.9 Å². The van der Waals surface area contributed by atoms with Crippen molar-refractivity contribution in [1.82, 2.24) is 23.8 Å². The van der Waals surface area contributed by atoms with Crippen LogP contribution in [0.15, 0.2) is 16.9 Å². The fourth-order valence-electron chi connectivity index (χ4n) is 4.73. The van der Waals surface area contributed by atoms with Crippen molar-refractivity contribution in [3.63, 3.8) is 0 Å². The molecule has 0 aromatic carbocycles. The molecule has 2 aliphatic heterocycles. The topological polar surface area (TPSA) is 108 Å². The second-order valence-corrected chi connectivity index (χ2v) is 10.7. The molecule has 0 bridgehead atoms. The van der Waals surface area contributed by atoms with Crippen LogP contribution in [0.2, 0.25) is 0 Å². The van der Waals surface area contributed by atoms with E-state index in [9.17, 15) is 18.0 Å².